The molecule has 6 nitrogen and oxygen atoms in total. The Labute approximate surface area is 131 Å². The number of urea groups is 1. The molecular formula is C16H26N4O2. The molecule has 1 saturated heterocycles. The summed E-state index contributed by atoms with van der Waals surface area (Å²) in [4.78, 5) is 12.0. The highest BCUT2D eigenvalue weighted by Gasteiger charge is 2.40. The fourth-order valence-corrected chi connectivity index (χ4v) is 3.68. The van der Waals surface area contributed by atoms with Gasteiger partial charge in [0, 0.05) is 32.4 Å². The number of carbonyl (C=O) groups excluding carboxylic acids is 1. The summed E-state index contributed by atoms with van der Waals surface area (Å²) in [6.45, 7) is 1.40. The molecule has 1 aliphatic carbocycles. The van der Waals surface area contributed by atoms with Crippen molar-refractivity contribution in [1.29, 1.82) is 0 Å². The molecule has 1 saturated carbocycles. The highest BCUT2D eigenvalue weighted by Crippen LogP contribution is 2.39. The van der Waals surface area contributed by atoms with Gasteiger partial charge in [0.25, 0.3) is 0 Å². The summed E-state index contributed by atoms with van der Waals surface area (Å²) in [5, 5.41) is 10.2. The zero-order chi connectivity index (χ0) is 15.4. The van der Waals surface area contributed by atoms with Crippen molar-refractivity contribution in [2.75, 3.05) is 13.2 Å². The number of ether oxygens (including phenoxy) is 1. The number of hydrogen-bond donors (Lipinski definition) is 2. The van der Waals surface area contributed by atoms with Crippen molar-refractivity contribution in [1.82, 2.24) is 20.4 Å². The Kier molecular flexibility index (Phi) is 4.66. The van der Waals surface area contributed by atoms with Gasteiger partial charge in [-0.1, -0.05) is 12.8 Å². The van der Waals surface area contributed by atoms with Crippen LogP contribution in [0.3, 0.4) is 0 Å². The molecule has 2 N–H and O–H groups in total. The van der Waals surface area contributed by atoms with Gasteiger partial charge >= 0.3 is 6.03 Å². The number of hydrogen-bond acceptors (Lipinski definition) is 3. The maximum absolute atomic E-state index is 12.0. The average molecular weight is 306 g/mol. The first kappa shape index (κ1) is 15.3. The summed E-state index contributed by atoms with van der Waals surface area (Å²) in [7, 11) is 1.90. The van der Waals surface area contributed by atoms with E-state index in [4.69, 9.17) is 4.74 Å². The van der Waals surface area contributed by atoms with Gasteiger partial charge in [-0.3, -0.25) is 4.68 Å². The first-order valence-electron chi connectivity index (χ1n) is 8.31. The monoisotopic (exact) mass is 306 g/mol. The minimum Gasteiger partial charge on any atom is -0.375 e. The summed E-state index contributed by atoms with van der Waals surface area (Å²) < 4.78 is 7.77. The molecule has 1 aromatic heterocycles. The Morgan fingerprint density at radius 1 is 1.50 bits per heavy atom. The molecule has 1 spiro atoms. The predicted molar refractivity (Wildman–Crippen MR) is 83.6 cm³/mol. The SMILES string of the molecule is Cn1cc(CCNC(=O)N[C@H]2CCOC3(CCCC3)C2)cn1. The van der Waals surface area contributed by atoms with E-state index in [1.807, 2.05) is 19.4 Å². The van der Waals surface area contributed by atoms with Gasteiger partial charge in [-0.25, -0.2) is 4.79 Å². The smallest absolute Gasteiger partial charge is 0.315 e. The lowest BCUT2D eigenvalue weighted by Crippen LogP contribution is -2.50. The molecule has 2 heterocycles. The molecule has 2 aliphatic rings. The molecule has 0 aromatic carbocycles. The summed E-state index contributed by atoms with van der Waals surface area (Å²) in [5.74, 6) is 0. The van der Waals surface area contributed by atoms with E-state index >= 15 is 0 Å². The van der Waals surface area contributed by atoms with Gasteiger partial charge in [0.2, 0.25) is 0 Å². The van der Waals surface area contributed by atoms with E-state index in [1.165, 1.54) is 12.8 Å². The number of aromatic nitrogens is 2. The van der Waals surface area contributed by atoms with Crippen molar-refractivity contribution >= 4 is 6.03 Å². The van der Waals surface area contributed by atoms with Gasteiger partial charge in [-0.05, 0) is 37.7 Å². The molecule has 1 atom stereocenters. The van der Waals surface area contributed by atoms with E-state index in [2.05, 4.69) is 15.7 Å². The molecule has 0 radical (unpaired) electrons. The third-order valence-electron chi connectivity index (χ3n) is 4.80. The van der Waals surface area contributed by atoms with E-state index in [0.29, 0.717) is 6.54 Å². The third-order valence-corrected chi connectivity index (χ3v) is 4.80. The van der Waals surface area contributed by atoms with E-state index in [-0.39, 0.29) is 17.7 Å². The molecule has 122 valence electrons. The van der Waals surface area contributed by atoms with Crippen LogP contribution in [-0.2, 0) is 18.2 Å². The van der Waals surface area contributed by atoms with Crippen LogP contribution in [0.4, 0.5) is 4.79 Å². The minimum atomic E-state index is -0.0658. The zero-order valence-corrected chi connectivity index (χ0v) is 13.3. The molecule has 6 heteroatoms. The highest BCUT2D eigenvalue weighted by atomic mass is 16.5. The van der Waals surface area contributed by atoms with E-state index in [1.54, 1.807) is 4.68 Å². The highest BCUT2D eigenvalue weighted by molar-refractivity contribution is 5.74. The largest absolute Gasteiger partial charge is 0.375 e. The van der Waals surface area contributed by atoms with Gasteiger partial charge in [-0.15, -0.1) is 0 Å². The first-order valence-corrected chi connectivity index (χ1v) is 8.31. The van der Waals surface area contributed by atoms with Crippen LogP contribution in [0.25, 0.3) is 0 Å². The van der Waals surface area contributed by atoms with Crippen molar-refractivity contribution in [3.63, 3.8) is 0 Å². The standard InChI is InChI=1S/C16H26N4O2/c1-20-12-13(11-18-20)4-8-17-15(21)19-14-5-9-22-16(10-14)6-2-3-7-16/h11-12,14H,2-10H2,1H3,(H2,17,19,21)/t14-/m0/s1. The summed E-state index contributed by atoms with van der Waals surface area (Å²) in [5.41, 5.74) is 1.19. The van der Waals surface area contributed by atoms with E-state index < -0.39 is 0 Å². The van der Waals surface area contributed by atoms with E-state index in [0.717, 1.165) is 44.3 Å². The second-order valence-electron chi connectivity index (χ2n) is 6.60. The van der Waals surface area contributed by atoms with Crippen LogP contribution < -0.4 is 10.6 Å². The van der Waals surface area contributed by atoms with Gasteiger partial charge in [-0.2, -0.15) is 5.10 Å². The number of amides is 2. The molecular weight excluding hydrogens is 280 g/mol. The van der Waals surface area contributed by atoms with Gasteiger partial charge in [0.05, 0.1) is 11.8 Å². The quantitative estimate of drug-likeness (QED) is 0.890. The Hall–Kier alpha value is -1.56. The number of nitrogens with zero attached hydrogens (tertiary/aromatic N) is 2. The Balaban J connectivity index is 1.39. The van der Waals surface area contributed by atoms with Crippen LogP contribution in [0.2, 0.25) is 0 Å². The Morgan fingerprint density at radius 3 is 3.05 bits per heavy atom. The molecule has 1 aromatic rings. The lowest BCUT2D eigenvalue weighted by molar-refractivity contribution is -0.0820. The minimum absolute atomic E-state index is 0.0475. The van der Waals surface area contributed by atoms with Crippen molar-refractivity contribution in [3.8, 4) is 0 Å². The predicted octanol–water partition coefficient (Wildman–Crippen LogP) is 1.75. The van der Waals surface area contributed by atoms with Gasteiger partial charge in [0.1, 0.15) is 0 Å². The number of rotatable bonds is 4. The fraction of sp³-hybridized carbons (Fsp3) is 0.750. The van der Waals surface area contributed by atoms with Crippen LogP contribution in [0, 0.1) is 0 Å². The van der Waals surface area contributed by atoms with Crippen molar-refractivity contribution in [2.24, 2.45) is 7.05 Å². The maximum Gasteiger partial charge on any atom is 0.315 e. The lowest BCUT2D eigenvalue weighted by Gasteiger charge is -2.38. The molecule has 0 bridgehead atoms. The Morgan fingerprint density at radius 2 is 2.32 bits per heavy atom. The fourth-order valence-electron chi connectivity index (χ4n) is 3.68. The molecule has 22 heavy (non-hydrogen) atoms. The number of aryl methyl sites for hydroxylation is 1. The van der Waals surface area contributed by atoms with Gasteiger partial charge in [0.15, 0.2) is 0 Å². The van der Waals surface area contributed by atoms with Crippen LogP contribution in [0.1, 0.15) is 44.1 Å². The summed E-state index contributed by atoms with van der Waals surface area (Å²) >= 11 is 0. The lowest BCUT2D eigenvalue weighted by atomic mass is 9.89. The van der Waals surface area contributed by atoms with Crippen LogP contribution in [-0.4, -0.2) is 40.6 Å². The zero-order valence-electron chi connectivity index (χ0n) is 13.3. The first-order chi connectivity index (χ1) is 10.7. The second-order valence-corrected chi connectivity index (χ2v) is 6.60. The molecule has 0 unspecified atom stereocenters. The van der Waals surface area contributed by atoms with Crippen LogP contribution in [0.15, 0.2) is 12.4 Å². The van der Waals surface area contributed by atoms with Crippen molar-refractivity contribution in [3.05, 3.63) is 18.0 Å². The maximum atomic E-state index is 12.0. The van der Waals surface area contributed by atoms with Crippen molar-refractivity contribution in [2.45, 2.75) is 56.6 Å². The average Bonchev–Trinajstić information content (AvgIpc) is 3.09. The number of nitrogens with one attached hydrogen (secondary N) is 2. The third kappa shape index (κ3) is 3.80. The Bertz CT molecular complexity index is 508. The summed E-state index contributed by atoms with van der Waals surface area (Å²) in [6.07, 6.45) is 11.3. The van der Waals surface area contributed by atoms with Gasteiger partial charge < -0.3 is 15.4 Å². The normalized spacial score (nSPS) is 23.6. The molecule has 1 aliphatic heterocycles. The second kappa shape index (κ2) is 6.69. The molecule has 2 amide bonds. The topological polar surface area (TPSA) is 68.2 Å². The van der Waals surface area contributed by atoms with Crippen LogP contribution >= 0.6 is 0 Å². The van der Waals surface area contributed by atoms with Crippen LogP contribution in [0.5, 0.6) is 0 Å². The summed E-state index contributed by atoms with van der Waals surface area (Å²) in [6, 6.07) is 0.175. The number of carbonyl (C=O) groups is 1. The molecule has 3 rings (SSSR count). The van der Waals surface area contributed by atoms with E-state index in [9.17, 15) is 4.79 Å². The van der Waals surface area contributed by atoms with Crippen molar-refractivity contribution < 1.29 is 9.53 Å². The molecule has 2 fully saturated rings.